The molecule has 178 valence electrons. The number of methoxy groups -OCH3 is 1. The summed E-state index contributed by atoms with van der Waals surface area (Å²) in [6, 6.07) is 14.3. The van der Waals surface area contributed by atoms with Crippen LogP contribution in [-0.4, -0.2) is 46.1 Å². The average Bonchev–Trinajstić information content (AvgIpc) is 3.25. The van der Waals surface area contributed by atoms with E-state index in [4.69, 9.17) is 9.47 Å². The molecule has 3 N–H and O–H groups in total. The standard InChI is InChI=1S/C25H29N5O4/c1-4-34-20-9-6-5-8-19(20)23-22(24(32)27-17-11-13-18(33-3)14-12-17)16(2)26-25-28-21(10-7-15-31)29-30(23)25/h5-6,8-9,11-14,23,31H,4,7,10,15H2,1-3H3,(H,27,32)(H,26,28,29)/t23-/m1/s1. The number of carbonyl (C=O) groups is 1. The number of amides is 1. The van der Waals surface area contributed by atoms with Crippen LogP contribution in [0, 0.1) is 0 Å². The van der Waals surface area contributed by atoms with Crippen LogP contribution in [0.3, 0.4) is 0 Å². The van der Waals surface area contributed by atoms with E-state index in [2.05, 4.69) is 20.7 Å². The Bertz CT molecular complexity index is 1190. The van der Waals surface area contributed by atoms with E-state index in [1.54, 1.807) is 36.1 Å². The van der Waals surface area contributed by atoms with Crippen molar-refractivity contribution < 1.29 is 19.4 Å². The van der Waals surface area contributed by atoms with Gasteiger partial charge in [-0.15, -0.1) is 0 Å². The first kappa shape index (κ1) is 23.3. The van der Waals surface area contributed by atoms with Crippen LogP contribution in [0.5, 0.6) is 11.5 Å². The second-order valence-corrected chi connectivity index (χ2v) is 7.84. The van der Waals surface area contributed by atoms with Crippen molar-refractivity contribution in [2.75, 3.05) is 31.0 Å². The minimum Gasteiger partial charge on any atom is -0.497 e. The van der Waals surface area contributed by atoms with Gasteiger partial charge in [0.1, 0.15) is 17.5 Å². The largest absolute Gasteiger partial charge is 0.497 e. The predicted molar refractivity (Wildman–Crippen MR) is 129 cm³/mol. The van der Waals surface area contributed by atoms with E-state index < -0.39 is 6.04 Å². The number of aliphatic hydroxyl groups excluding tert-OH is 1. The topological polar surface area (TPSA) is 111 Å². The zero-order valence-corrected chi connectivity index (χ0v) is 19.5. The number of aryl methyl sites for hydroxylation is 1. The number of allylic oxidation sites excluding steroid dienone is 1. The maximum atomic E-state index is 13.6. The summed E-state index contributed by atoms with van der Waals surface area (Å²) in [5, 5.41) is 20.1. The minimum absolute atomic E-state index is 0.0562. The van der Waals surface area contributed by atoms with E-state index in [1.165, 1.54) is 0 Å². The van der Waals surface area contributed by atoms with Gasteiger partial charge < -0.3 is 25.2 Å². The van der Waals surface area contributed by atoms with Gasteiger partial charge in [0, 0.05) is 30.0 Å². The van der Waals surface area contributed by atoms with Crippen LogP contribution in [0.25, 0.3) is 0 Å². The zero-order valence-electron chi connectivity index (χ0n) is 19.5. The molecule has 1 amide bonds. The first-order valence-electron chi connectivity index (χ1n) is 11.3. The van der Waals surface area contributed by atoms with Crippen molar-refractivity contribution in [2.45, 2.75) is 32.7 Å². The molecular formula is C25H29N5O4. The van der Waals surface area contributed by atoms with Crippen LogP contribution in [0.4, 0.5) is 11.6 Å². The molecule has 0 saturated heterocycles. The molecule has 0 bridgehead atoms. The Balaban J connectivity index is 1.76. The molecule has 0 unspecified atom stereocenters. The summed E-state index contributed by atoms with van der Waals surface area (Å²) in [6.45, 7) is 4.32. The van der Waals surface area contributed by atoms with Gasteiger partial charge in [0.15, 0.2) is 5.82 Å². The van der Waals surface area contributed by atoms with Crippen molar-refractivity contribution in [3.63, 3.8) is 0 Å². The van der Waals surface area contributed by atoms with Crippen LogP contribution in [0.1, 0.15) is 37.7 Å². The van der Waals surface area contributed by atoms with Crippen LogP contribution in [0.2, 0.25) is 0 Å². The van der Waals surface area contributed by atoms with Crippen LogP contribution in [0.15, 0.2) is 59.8 Å². The number of anilines is 2. The second-order valence-electron chi connectivity index (χ2n) is 7.84. The molecule has 9 heteroatoms. The summed E-state index contributed by atoms with van der Waals surface area (Å²) in [5.74, 6) is 2.27. The molecule has 0 aliphatic carbocycles. The maximum absolute atomic E-state index is 13.6. The van der Waals surface area contributed by atoms with Crippen molar-refractivity contribution in [1.82, 2.24) is 14.8 Å². The molecule has 1 atom stereocenters. The minimum atomic E-state index is -0.548. The summed E-state index contributed by atoms with van der Waals surface area (Å²) in [7, 11) is 1.60. The highest BCUT2D eigenvalue weighted by Gasteiger charge is 2.35. The van der Waals surface area contributed by atoms with Crippen molar-refractivity contribution >= 4 is 17.5 Å². The number of hydrogen-bond donors (Lipinski definition) is 3. The normalized spacial score (nSPS) is 14.9. The average molecular weight is 464 g/mol. The fraction of sp³-hybridized carbons (Fsp3) is 0.320. The Morgan fingerprint density at radius 1 is 1.21 bits per heavy atom. The molecule has 0 radical (unpaired) electrons. The molecular weight excluding hydrogens is 434 g/mol. The summed E-state index contributed by atoms with van der Waals surface area (Å²) < 4.78 is 12.8. The lowest BCUT2D eigenvalue weighted by Gasteiger charge is -2.29. The van der Waals surface area contributed by atoms with Crippen LogP contribution < -0.4 is 20.1 Å². The Labute approximate surface area is 198 Å². The van der Waals surface area contributed by atoms with E-state index in [0.717, 1.165) is 5.56 Å². The Morgan fingerprint density at radius 2 is 1.97 bits per heavy atom. The number of para-hydroxylation sites is 1. The van der Waals surface area contributed by atoms with Gasteiger partial charge >= 0.3 is 0 Å². The Morgan fingerprint density at radius 3 is 2.68 bits per heavy atom. The van der Waals surface area contributed by atoms with Gasteiger partial charge in [-0.05, 0) is 50.6 Å². The van der Waals surface area contributed by atoms with Gasteiger partial charge in [-0.2, -0.15) is 10.1 Å². The molecule has 0 spiro atoms. The van der Waals surface area contributed by atoms with Crippen molar-refractivity contribution in [2.24, 2.45) is 0 Å². The molecule has 1 aliphatic rings. The number of aliphatic hydroxyl groups is 1. The summed E-state index contributed by atoms with van der Waals surface area (Å²) in [4.78, 5) is 18.2. The number of hydrogen-bond acceptors (Lipinski definition) is 7. The molecule has 2 aromatic carbocycles. The molecule has 2 heterocycles. The van der Waals surface area contributed by atoms with E-state index in [1.807, 2.05) is 38.1 Å². The fourth-order valence-electron chi connectivity index (χ4n) is 3.99. The molecule has 0 saturated carbocycles. The van der Waals surface area contributed by atoms with E-state index in [9.17, 15) is 9.90 Å². The number of nitrogens with zero attached hydrogens (tertiary/aromatic N) is 3. The summed E-state index contributed by atoms with van der Waals surface area (Å²) >= 11 is 0. The number of nitrogens with one attached hydrogen (secondary N) is 2. The maximum Gasteiger partial charge on any atom is 0.255 e. The number of ether oxygens (including phenoxy) is 2. The van der Waals surface area contributed by atoms with Crippen molar-refractivity contribution in [3.8, 4) is 11.5 Å². The monoisotopic (exact) mass is 463 g/mol. The zero-order chi connectivity index (χ0) is 24.1. The van der Waals surface area contributed by atoms with Gasteiger partial charge in [-0.25, -0.2) is 4.68 Å². The first-order valence-corrected chi connectivity index (χ1v) is 11.3. The van der Waals surface area contributed by atoms with Crippen molar-refractivity contribution in [3.05, 3.63) is 71.2 Å². The summed E-state index contributed by atoms with van der Waals surface area (Å²) in [6.07, 6.45) is 1.09. The highest BCUT2D eigenvalue weighted by Crippen LogP contribution is 2.39. The Hall–Kier alpha value is -3.85. The van der Waals surface area contributed by atoms with Gasteiger partial charge in [-0.1, -0.05) is 18.2 Å². The predicted octanol–water partition coefficient (Wildman–Crippen LogP) is 3.54. The molecule has 1 aliphatic heterocycles. The van der Waals surface area contributed by atoms with E-state index in [0.29, 0.717) is 59.7 Å². The van der Waals surface area contributed by atoms with E-state index >= 15 is 0 Å². The molecule has 3 aromatic rings. The first-order chi connectivity index (χ1) is 16.5. The summed E-state index contributed by atoms with van der Waals surface area (Å²) in [5.41, 5.74) is 2.64. The molecule has 1 aromatic heterocycles. The lowest BCUT2D eigenvalue weighted by Crippen LogP contribution is -2.31. The lowest BCUT2D eigenvalue weighted by molar-refractivity contribution is -0.113. The smallest absolute Gasteiger partial charge is 0.255 e. The van der Waals surface area contributed by atoms with Gasteiger partial charge in [0.25, 0.3) is 5.91 Å². The van der Waals surface area contributed by atoms with Crippen LogP contribution in [-0.2, 0) is 11.2 Å². The molecule has 4 rings (SSSR count). The van der Waals surface area contributed by atoms with E-state index in [-0.39, 0.29) is 12.5 Å². The molecule has 34 heavy (non-hydrogen) atoms. The number of benzene rings is 2. The van der Waals surface area contributed by atoms with Crippen molar-refractivity contribution in [1.29, 1.82) is 0 Å². The Kier molecular flexibility index (Phi) is 7.12. The highest BCUT2D eigenvalue weighted by molar-refractivity contribution is 6.06. The molecule has 0 fully saturated rings. The number of fused-ring (bicyclic) bond motifs is 1. The number of rotatable bonds is 9. The third-order valence-electron chi connectivity index (χ3n) is 5.56. The number of carbonyl (C=O) groups excluding carboxylic acids is 1. The fourth-order valence-corrected chi connectivity index (χ4v) is 3.99. The lowest BCUT2D eigenvalue weighted by atomic mass is 9.94. The van der Waals surface area contributed by atoms with Gasteiger partial charge in [0.2, 0.25) is 5.95 Å². The third-order valence-corrected chi connectivity index (χ3v) is 5.56. The third kappa shape index (κ3) is 4.74. The van der Waals surface area contributed by atoms with Crippen LogP contribution >= 0.6 is 0 Å². The number of aromatic nitrogens is 3. The van der Waals surface area contributed by atoms with Gasteiger partial charge in [0.05, 0.1) is 19.3 Å². The van der Waals surface area contributed by atoms with Gasteiger partial charge in [-0.3, -0.25) is 4.79 Å². The molecule has 9 nitrogen and oxygen atoms in total. The quantitative estimate of drug-likeness (QED) is 0.445. The SMILES string of the molecule is CCOc1ccccc1[C@@H]1C(C(=O)Nc2ccc(OC)cc2)=C(C)Nc2nc(CCCO)nn21. The second kappa shape index (κ2) is 10.4. The highest BCUT2D eigenvalue weighted by atomic mass is 16.5.